The quantitative estimate of drug-likeness (QED) is 0.746. The predicted molar refractivity (Wildman–Crippen MR) is 93.7 cm³/mol. The highest BCUT2D eigenvalue weighted by Gasteiger charge is 2.20. The highest BCUT2D eigenvalue weighted by Crippen LogP contribution is 2.29. The molecule has 2 aromatic heterocycles. The molecule has 126 valence electrons. The molecule has 0 radical (unpaired) electrons. The van der Waals surface area contributed by atoms with Crippen LogP contribution in [0.1, 0.15) is 23.9 Å². The van der Waals surface area contributed by atoms with Crippen molar-refractivity contribution in [2.75, 3.05) is 4.72 Å². The molecule has 0 aliphatic heterocycles. The van der Waals surface area contributed by atoms with Crippen LogP contribution in [0.3, 0.4) is 0 Å². The summed E-state index contributed by atoms with van der Waals surface area (Å²) < 4.78 is 33.1. The fourth-order valence-corrected chi connectivity index (χ4v) is 4.50. The van der Waals surface area contributed by atoms with Gasteiger partial charge in [-0.2, -0.15) is 4.98 Å². The minimum atomic E-state index is -3.65. The average Bonchev–Trinajstić information content (AvgIpc) is 3.18. The molecule has 1 aromatic carbocycles. The maximum Gasteiger partial charge on any atom is 0.271 e. The molecule has 0 saturated carbocycles. The molecular formula is C16H17N3O3S2. The maximum atomic E-state index is 12.6. The minimum Gasteiger partial charge on any atom is -0.339 e. The van der Waals surface area contributed by atoms with Crippen molar-refractivity contribution in [3.8, 4) is 11.4 Å². The molecule has 0 atom stereocenters. The highest BCUT2D eigenvalue weighted by molar-refractivity contribution is 7.94. The Bertz CT molecular complexity index is 974. The number of hydrogen-bond acceptors (Lipinski definition) is 6. The van der Waals surface area contributed by atoms with Crippen molar-refractivity contribution >= 4 is 27.0 Å². The average molecular weight is 363 g/mol. The standard InChI is InChI=1S/C16H17N3O3S2/c1-4-14-17-16(18-22-14)12-8-15(23-9-12)24(20,21)19-13-6-5-10(2)7-11(13)3/h5-9,19H,4H2,1-3H3. The van der Waals surface area contributed by atoms with Crippen LogP contribution in [-0.4, -0.2) is 18.6 Å². The van der Waals surface area contributed by atoms with E-state index in [-0.39, 0.29) is 4.21 Å². The molecule has 0 saturated heterocycles. The summed E-state index contributed by atoms with van der Waals surface area (Å²) in [5.41, 5.74) is 3.16. The molecule has 3 rings (SSSR count). The van der Waals surface area contributed by atoms with Crippen LogP contribution in [0.2, 0.25) is 0 Å². The maximum absolute atomic E-state index is 12.6. The number of nitrogens with one attached hydrogen (secondary N) is 1. The molecule has 0 amide bonds. The molecule has 8 heteroatoms. The molecular weight excluding hydrogens is 346 g/mol. The van der Waals surface area contributed by atoms with Gasteiger partial charge >= 0.3 is 0 Å². The van der Waals surface area contributed by atoms with E-state index in [0.717, 1.165) is 22.5 Å². The van der Waals surface area contributed by atoms with Crippen LogP contribution in [-0.2, 0) is 16.4 Å². The molecule has 0 aliphatic rings. The monoisotopic (exact) mass is 363 g/mol. The summed E-state index contributed by atoms with van der Waals surface area (Å²) >= 11 is 1.12. The molecule has 0 bridgehead atoms. The second-order valence-corrected chi connectivity index (χ2v) is 8.26. The summed E-state index contributed by atoms with van der Waals surface area (Å²) in [5.74, 6) is 0.921. The Hall–Kier alpha value is -2.19. The second-order valence-electron chi connectivity index (χ2n) is 5.44. The van der Waals surface area contributed by atoms with E-state index in [9.17, 15) is 8.42 Å². The Kier molecular flexibility index (Phi) is 4.42. The van der Waals surface area contributed by atoms with Gasteiger partial charge in [0.1, 0.15) is 4.21 Å². The number of aromatic nitrogens is 2. The van der Waals surface area contributed by atoms with Crippen molar-refractivity contribution in [1.29, 1.82) is 0 Å². The molecule has 0 spiro atoms. The fourth-order valence-electron chi connectivity index (χ4n) is 2.21. The van der Waals surface area contributed by atoms with Crippen molar-refractivity contribution in [2.24, 2.45) is 0 Å². The first kappa shape index (κ1) is 16.7. The number of anilines is 1. The van der Waals surface area contributed by atoms with Gasteiger partial charge < -0.3 is 4.52 Å². The molecule has 0 unspecified atom stereocenters. The van der Waals surface area contributed by atoms with Gasteiger partial charge in [0.25, 0.3) is 10.0 Å². The molecule has 3 aromatic rings. The predicted octanol–water partition coefficient (Wildman–Crippen LogP) is 3.78. The lowest BCUT2D eigenvalue weighted by molar-refractivity contribution is 0.383. The molecule has 1 N–H and O–H groups in total. The first-order valence-corrected chi connectivity index (χ1v) is 9.77. The van der Waals surface area contributed by atoms with Gasteiger partial charge in [-0.3, -0.25) is 4.72 Å². The Morgan fingerprint density at radius 2 is 2.04 bits per heavy atom. The number of rotatable bonds is 5. The van der Waals surface area contributed by atoms with Gasteiger partial charge in [0.2, 0.25) is 11.7 Å². The van der Waals surface area contributed by atoms with E-state index in [2.05, 4.69) is 14.9 Å². The van der Waals surface area contributed by atoms with E-state index >= 15 is 0 Å². The third kappa shape index (κ3) is 3.34. The van der Waals surface area contributed by atoms with Crippen molar-refractivity contribution < 1.29 is 12.9 Å². The number of thiophene rings is 1. The van der Waals surface area contributed by atoms with Gasteiger partial charge in [-0.15, -0.1) is 11.3 Å². The van der Waals surface area contributed by atoms with E-state index in [1.54, 1.807) is 17.5 Å². The Balaban J connectivity index is 1.87. The van der Waals surface area contributed by atoms with Crippen LogP contribution >= 0.6 is 11.3 Å². The smallest absolute Gasteiger partial charge is 0.271 e. The summed E-state index contributed by atoms with van der Waals surface area (Å²) in [6.07, 6.45) is 0.635. The van der Waals surface area contributed by atoms with Gasteiger partial charge in [0.05, 0.1) is 5.69 Å². The van der Waals surface area contributed by atoms with E-state index in [1.165, 1.54) is 0 Å². The normalized spacial score (nSPS) is 11.6. The summed E-state index contributed by atoms with van der Waals surface area (Å²) in [5, 5.41) is 5.57. The van der Waals surface area contributed by atoms with Gasteiger partial charge in [-0.1, -0.05) is 29.8 Å². The van der Waals surface area contributed by atoms with Crippen LogP contribution in [0.15, 0.2) is 38.4 Å². The number of nitrogens with zero attached hydrogens (tertiary/aromatic N) is 2. The van der Waals surface area contributed by atoms with Crippen LogP contribution in [0, 0.1) is 13.8 Å². The van der Waals surface area contributed by atoms with Gasteiger partial charge in [-0.05, 0) is 31.5 Å². The van der Waals surface area contributed by atoms with Crippen LogP contribution < -0.4 is 4.72 Å². The first-order chi connectivity index (χ1) is 11.4. The zero-order chi connectivity index (χ0) is 17.3. The number of aryl methyl sites for hydroxylation is 3. The topological polar surface area (TPSA) is 85.1 Å². The van der Waals surface area contributed by atoms with Crippen molar-refractivity contribution in [1.82, 2.24) is 10.1 Å². The second kappa shape index (κ2) is 6.37. The molecule has 24 heavy (non-hydrogen) atoms. The lowest BCUT2D eigenvalue weighted by Crippen LogP contribution is -2.12. The van der Waals surface area contributed by atoms with Crippen LogP contribution in [0.4, 0.5) is 5.69 Å². The third-order valence-corrected chi connectivity index (χ3v) is 6.30. The molecule has 6 nitrogen and oxygen atoms in total. The van der Waals surface area contributed by atoms with Gasteiger partial charge in [0.15, 0.2) is 0 Å². The number of sulfonamides is 1. The SMILES string of the molecule is CCc1nc(-c2csc(S(=O)(=O)Nc3ccc(C)cc3C)c2)no1. The lowest BCUT2D eigenvalue weighted by atomic mass is 10.1. The van der Waals surface area contributed by atoms with E-state index in [1.807, 2.05) is 32.9 Å². The molecule has 2 heterocycles. The summed E-state index contributed by atoms with van der Waals surface area (Å²) in [6.45, 7) is 5.75. The van der Waals surface area contributed by atoms with Crippen molar-refractivity contribution in [3.63, 3.8) is 0 Å². The van der Waals surface area contributed by atoms with Crippen LogP contribution in [0.5, 0.6) is 0 Å². The van der Waals surface area contributed by atoms with E-state index < -0.39 is 10.0 Å². The molecule has 0 fully saturated rings. The van der Waals surface area contributed by atoms with Gasteiger partial charge in [0, 0.05) is 17.4 Å². The third-order valence-electron chi connectivity index (χ3n) is 3.50. The fraction of sp³-hybridized carbons (Fsp3) is 0.250. The zero-order valence-corrected chi connectivity index (χ0v) is 15.2. The van der Waals surface area contributed by atoms with Crippen molar-refractivity contribution in [3.05, 3.63) is 46.7 Å². The van der Waals surface area contributed by atoms with Gasteiger partial charge in [-0.25, -0.2) is 8.42 Å². The summed E-state index contributed by atoms with van der Waals surface area (Å²) in [4.78, 5) is 4.22. The highest BCUT2D eigenvalue weighted by atomic mass is 32.2. The van der Waals surface area contributed by atoms with Crippen molar-refractivity contribution in [2.45, 2.75) is 31.4 Å². The van der Waals surface area contributed by atoms with E-state index in [4.69, 9.17) is 4.52 Å². The Labute approximate surface area is 144 Å². The molecule has 0 aliphatic carbocycles. The Morgan fingerprint density at radius 1 is 1.25 bits per heavy atom. The first-order valence-electron chi connectivity index (χ1n) is 7.40. The minimum absolute atomic E-state index is 0.209. The van der Waals surface area contributed by atoms with E-state index in [0.29, 0.717) is 29.4 Å². The Morgan fingerprint density at radius 3 is 2.71 bits per heavy atom. The summed E-state index contributed by atoms with van der Waals surface area (Å²) in [6, 6.07) is 7.13. The summed E-state index contributed by atoms with van der Waals surface area (Å²) in [7, 11) is -3.65. The zero-order valence-electron chi connectivity index (χ0n) is 13.5. The van der Waals surface area contributed by atoms with Crippen LogP contribution in [0.25, 0.3) is 11.4 Å². The largest absolute Gasteiger partial charge is 0.339 e. The number of hydrogen-bond donors (Lipinski definition) is 1. The number of benzene rings is 1. The lowest BCUT2D eigenvalue weighted by Gasteiger charge is -2.09.